The summed E-state index contributed by atoms with van der Waals surface area (Å²) >= 11 is 11.9. The van der Waals surface area contributed by atoms with Gasteiger partial charge in [-0.2, -0.15) is 0 Å². The molecule has 17 heavy (non-hydrogen) atoms. The molecule has 88 valence electrons. The van der Waals surface area contributed by atoms with Gasteiger partial charge >= 0.3 is 0 Å². The van der Waals surface area contributed by atoms with Crippen LogP contribution in [0.15, 0.2) is 36.4 Å². The molecular formula is C13H9Cl2FO. The van der Waals surface area contributed by atoms with Crippen LogP contribution in [0.25, 0.3) is 11.1 Å². The Morgan fingerprint density at radius 2 is 1.76 bits per heavy atom. The van der Waals surface area contributed by atoms with Crippen LogP contribution in [0.1, 0.15) is 5.56 Å². The van der Waals surface area contributed by atoms with Gasteiger partial charge in [0.25, 0.3) is 0 Å². The normalized spacial score (nSPS) is 10.6. The second-order valence-corrected chi connectivity index (χ2v) is 4.32. The zero-order valence-electron chi connectivity index (χ0n) is 8.75. The minimum absolute atomic E-state index is 0.254. The molecular weight excluding hydrogens is 262 g/mol. The van der Waals surface area contributed by atoms with Crippen molar-refractivity contribution in [3.63, 3.8) is 0 Å². The highest BCUT2D eigenvalue weighted by atomic mass is 35.5. The first-order valence-corrected chi connectivity index (χ1v) is 5.73. The molecule has 0 spiro atoms. The van der Waals surface area contributed by atoms with E-state index in [2.05, 4.69) is 0 Å². The molecule has 0 aliphatic heterocycles. The van der Waals surface area contributed by atoms with Gasteiger partial charge in [-0.05, 0) is 17.7 Å². The van der Waals surface area contributed by atoms with Gasteiger partial charge in [-0.25, -0.2) is 4.39 Å². The molecule has 0 radical (unpaired) electrons. The van der Waals surface area contributed by atoms with Crippen molar-refractivity contribution in [1.82, 2.24) is 0 Å². The van der Waals surface area contributed by atoms with Gasteiger partial charge in [-0.1, -0.05) is 47.5 Å². The van der Waals surface area contributed by atoms with Gasteiger partial charge in [-0.15, -0.1) is 0 Å². The van der Waals surface area contributed by atoms with E-state index < -0.39 is 5.82 Å². The number of aliphatic hydroxyl groups is 1. The molecule has 4 heteroatoms. The maximum Gasteiger partial charge on any atom is 0.131 e. The van der Waals surface area contributed by atoms with Gasteiger partial charge < -0.3 is 5.11 Å². The summed E-state index contributed by atoms with van der Waals surface area (Å²) in [5.74, 6) is -0.430. The van der Waals surface area contributed by atoms with E-state index in [1.165, 1.54) is 6.07 Å². The first kappa shape index (κ1) is 12.4. The van der Waals surface area contributed by atoms with E-state index >= 15 is 0 Å². The standard InChI is InChI=1S/C13H9Cl2FO/c14-10-5-2-4-9(13(10)15)12-8(7-17)3-1-6-11(12)16/h1-6,17H,7H2. The van der Waals surface area contributed by atoms with E-state index in [0.717, 1.165) is 0 Å². The molecule has 0 saturated carbocycles. The smallest absolute Gasteiger partial charge is 0.131 e. The Bertz CT molecular complexity index is 555. The molecule has 1 N–H and O–H groups in total. The van der Waals surface area contributed by atoms with E-state index in [1.54, 1.807) is 30.3 Å². The molecule has 1 nitrogen and oxygen atoms in total. The number of halogens is 3. The Labute approximate surface area is 108 Å². The lowest BCUT2D eigenvalue weighted by atomic mass is 9.99. The Morgan fingerprint density at radius 3 is 2.47 bits per heavy atom. The molecule has 0 atom stereocenters. The van der Waals surface area contributed by atoms with Crippen molar-refractivity contribution >= 4 is 23.2 Å². The van der Waals surface area contributed by atoms with Crippen molar-refractivity contribution in [3.05, 3.63) is 57.8 Å². The van der Waals surface area contributed by atoms with Gasteiger partial charge in [0.1, 0.15) is 5.82 Å². The number of rotatable bonds is 2. The highest BCUT2D eigenvalue weighted by Gasteiger charge is 2.14. The van der Waals surface area contributed by atoms with Crippen LogP contribution in [-0.2, 0) is 6.61 Å². The maximum atomic E-state index is 13.8. The lowest BCUT2D eigenvalue weighted by Crippen LogP contribution is -1.94. The fourth-order valence-corrected chi connectivity index (χ4v) is 2.09. The van der Waals surface area contributed by atoms with Crippen molar-refractivity contribution in [2.75, 3.05) is 0 Å². The Kier molecular flexibility index (Phi) is 3.67. The molecule has 0 amide bonds. The van der Waals surface area contributed by atoms with Crippen LogP contribution in [-0.4, -0.2) is 5.11 Å². The van der Waals surface area contributed by atoms with Crippen LogP contribution in [0.2, 0.25) is 10.0 Å². The van der Waals surface area contributed by atoms with Crippen LogP contribution >= 0.6 is 23.2 Å². The van der Waals surface area contributed by atoms with Gasteiger partial charge in [0.05, 0.1) is 16.7 Å². The minimum atomic E-state index is -0.430. The van der Waals surface area contributed by atoms with Crippen molar-refractivity contribution in [2.24, 2.45) is 0 Å². The van der Waals surface area contributed by atoms with E-state index in [4.69, 9.17) is 23.2 Å². The van der Waals surface area contributed by atoms with E-state index in [-0.39, 0.29) is 11.6 Å². The van der Waals surface area contributed by atoms with Crippen LogP contribution in [0.5, 0.6) is 0 Å². The zero-order valence-corrected chi connectivity index (χ0v) is 10.3. The number of aliphatic hydroxyl groups excluding tert-OH is 1. The van der Waals surface area contributed by atoms with Crippen molar-refractivity contribution in [3.8, 4) is 11.1 Å². The lowest BCUT2D eigenvalue weighted by Gasteiger charge is -2.11. The van der Waals surface area contributed by atoms with Gasteiger partial charge in [0, 0.05) is 11.1 Å². The molecule has 2 aromatic rings. The summed E-state index contributed by atoms with van der Waals surface area (Å²) in [6.45, 7) is -0.254. The number of benzene rings is 2. The fourth-order valence-electron chi connectivity index (χ4n) is 1.70. The summed E-state index contributed by atoms with van der Waals surface area (Å²) in [4.78, 5) is 0. The SMILES string of the molecule is OCc1cccc(F)c1-c1cccc(Cl)c1Cl. The van der Waals surface area contributed by atoms with Crippen LogP contribution in [0.4, 0.5) is 4.39 Å². The average molecular weight is 271 g/mol. The lowest BCUT2D eigenvalue weighted by molar-refractivity contribution is 0.282. The Balaban J connectivity index is 2.72. The van der Waals surface area contributed by atoms with Crippen LogP contribution < -0.4 is 0 Å². The minimum Gasteiger partial charge on any atom is -0.392 e. The van der Waals surface area contributed by atoms with Crippen molar-refractivity contribution in [2.45, 2.75) is 6.61 Å². The number of hydrogen-bond donors (Lipinski definition) is 1. The van der Waals surface area contributed by atoms with Crippen LogP contribution in [0.3, 0.4) is 0 Å². The molecule has 0 fully saturated rings. The summed E-state index contributed by atoms with van der Waals surface area (Å²) in [5, 5.41) is 9.87. The van der Waals surface area contributed by atoms with Gasteiger partial charge in [0.15, 0.2) is 0 Å². The van der Waals surface area contributed by atoms with E-state index in [0.29, 0.717) is 21.7 Å². The number of hydrogen-bond acceptors (Lipinski definition) is 1. The van der Waals surface area contributed by atoms with Gasteiger partial charge in [-0.3, -0.25) is 0 Å². The molecule has 0 aliphatic rings. The summed E-state index contributed by atoms with van der Waals surface area (Å²) in [5.41, 5.74) is 1.26. The largest absolute Gasteiger partial charge is 0.392 e. The third kappa shape index (κ3) is 2.29. The highest BCUT2D eigenvalue weighted by molar-refractivity contribution is 6.43. The summed E-state index contributed by atoms with van der Waals surface area (Å²) in [7, 11) is 0. The third-order valence-electron chi connectivity index (χ3n) is 2.49. The van der Waals surface area contributed by atoms with E-state index in [1.807, 2.05) is 0 Å². The first-order chi connectivity index (χ1) is 8.15. The molecule has 0 saturated heterocycles. The first-order valence-electron chi connectivity index (χ1n) is 4.97. The maximum absolute atomic E-state index is 13.8. The molecule has 2 aromatic carbocycles. The summed E-state index contributed by atoms with van der Waals surface area (Å²) in [6, 6.07) is 9.51. The predicted octanol–water partition coefficient (Wildman–Crippen LogP) is 4.29. The molecule has 2 rings (SSSR count). The average Bonchev–Trinajstić information content (AvgIpc) is 2.33. The molecule has 0 bridgehead atoms. The third-order valence-corrected chi connectivity index (χ3v) is 3.31. The summed E-state index contributed by atoms with van der Waals surface area (Å²) in [6.07, 6.45) is 0. The summed E-state index contributed by atoms with van der Waals surface area (Å²) < 4.78 is 13.8. The molecule has 0 heterocycles. The second kappa shape index (κ2) is 5.05. The zero-order chi connectivity index (χ0) is 12.4. The Hall–Kier alpha value is -1.09. The topological polar surface area (TPSA) is 20.2 Å². The second-order valence-electron chi connectivity index (χ2n) is 3.53. The molecule has 0 aromatic heterocycles. The van der Waals surface area contributed by atoms with Crippen molar-refractivity contribution in [1.29, 1.82) is 0 Å². The fraction of sp³-hybridized carbons (Fsp3) is 0.0769. The predicted molar refractivity (Wildman–Crippen MR) is 67.8 cm³/mol. The highest BCUT2D eigenvalue weighted by Crippen LogP contribution is 2.36. The Morgan fingerprint density at radius 1 is 1.06 bits per heavy atom. The van der Waals surface area contributed by atoms with Gasteiger partial charge in [0.2, 0.25) is 0 Å². The van der Waals surface area contributed by atoms with Crippen molar-refractivity contribution < 1.29 is 9.50 Å². The molecule has 0 aliphatic carbocycles. The van der Waals surface area contributed by atoms with Crippen LogP contribution in [0, 0.1) is 5.82 Å². The monoisotopic (exact) mass is 270 g/mol. The van der Waals surface area contributed by atoms with E-state index in [9.17, 15) is 9.50 Å². The quantitative estimate of drug-likeness (QED) is 0.863. The molecule has 0 unspecified atom stereocenters.